The second kappa shape index (κ2) is 6.15. The van der Waals surface area contributed by atoms with Crippen molar-refractivity contribution < 1.29 is 9.90 Å². The zero-order chi connectivity index (χ0) is 12.3. The number of carbonyl (C=O) groups excluding carboxylic acids is 1. The number of carbonyl (C=O) groups is 1. The zero-order valence-corrected chi connectivity index (χ0v) is 12.5. The van der Waals surface area contributed by atoms with Crippen molar-refractivity contribution in [3.8, 4) is 0 Å². The summed E-state index contributed by atoms with van der Waals surface area (Å²) in [6, 6.07) is 1.95. The number of hydrogen-bond donors (Lipinski definition) is 1. The Morgan fingerprint density at radius 2 is 2.47 bits per heavy atom. The summed E-state index contributed by atoms with van der Waals surface area (Å²) >= 11 is 3.84. The van der Waals surface area contributed by atoms with Crippen LogP contribution in [0.1, 0.15) is 29.6 Å². The van der Waals surface area contributed by atoms with Gasteiger partial charge in [-0.25, -0.2) is 0 Å². The van der Waals surface area contributed by atoms with Gasteiger partial charge in [-0.2, -0.15) is 0 Å². The molecule has 1 aliphatic rings. The van der Waals surface area contributed by atoms with Crippen LogP contribution in [0.25, 0.3) is 0 Å². The topological polar surface area (TPSA) is 40.5 Å². The van der Waals surface area contributed by atoms with Crippen molar-refractivity contribution in [2.45, 2.75) is 19.3 Å². The first-order valence-corrected chi connectivity index (χ1v) is 7.80. The van der Waals surface area contributed by atoms with Crippen LogP contribution in [0.2, 0.25) is 0 Å². The summed E-state index contributed by atoms with van der Waals surface area (Å²) < 4.78 is 1.15. The van der Waals surface area contributed by atoms with Crippen LogP contribution in [-0.2, 0) is 0 Å². The van der Waals surface area contributed by atoms with Crippen LogP contribution in [-0.4, -0.2) is 35.6 Å². The maximum absolute atomic E-state index is 12.2. The van der Waals surface area contributed by atoms with Crippen LogP contribution in [0.5, 0.6) is 0 Å². The van der Waals surface area contributed by atoms with Crippen molar-refractivity contribution in [2.24, 2.45) is 5.92 Å². The van der Waals surface area contributed by atoms with E-state index in [2.05, 4.69) is 22.6 Å². The van der Waals surface area contributed by atoms with Gasteiger partial charge < -0.3 is 10.0 Å². The summed E-state index contributed by atoms with van der Waals surface area (Å²) in [5, 5.41) is 10.9. The van der Waals surface area contributed by atoms with E-state index in [9.17, 15) is 4.79 Å². The van der Waals surface area contributed by atoms with Gasteiger partial charge >= 0.3 is 0 Å². The molecule has 0 aliphatic carbocycles. The van der Waals surface area contributed by atoms with E-state index >= 15 is 0 Å². The van der Waals surface area contributed by atoms with Gasteiger partial charge in [-0.1, -0.05) is 0 Å². The van der Waals surface area contributed by atoms with Gasteiger partial charge in [0.25, 0.3) is 5.91 Å². The molecule has 0 radical (unpaired) electrons. The van der Waals surface area contributed by atoms with E-state index in [1.807, 2.05) is 16.3 Å². The molecule has 1 saturated heterocycles. The lowest BCUT2D eigenvalue weighted by Gasteiger charge is -2.32. The van der Waals surface area contributed by atoms with E-state index in [-0.39, 0.29) is 12.5 Å². The molecule has 1 atom stereocenters. The molecule has 0 spiro atoms. The Labute approximate surface area is 119 Å². The van der Waals surface area contributed by atoms with Crippen molar-refractivity contribution in [3.63, 3.8) is 0 Å². The van der Waals surface area contributed by atoms with Gasteiger partial charge in [0.2, 0.25) is 0 Å². The molecule has 3 nitrogen and oxygen atoms in total. The summed E-state index contributed by atoms with van der Waals surface area (Å²) in [7, 11) is 0. The standard InChI is InChI=1S/C12H16INO2S/c13-11-6-10(8-17-11)12(16)14-4-1-2-9(7-14)3-5-15/h6,8-9,15H,1-5,7H2. The molecule has 1 aromatic heterocycles. The van der Waals surface area contributed by atoms with Crippen molar-refractivity contribution in [1.29, 1.82) is 0 Å². The molecule has 0 bridgehead atoms. The van der Waals surface area contributed by atoms with E-state index in [1.54, 1.807) is 11.3 Å². The third kappa shape index (κ3) is 3.42. The van der Waals surface area contributed by atoms with Gasteiger partial charge in [-0.3, -0.25) is 4.79 Å². The average molecular weight is 365 g/mol. The first-order chi connectivity index (χ1) is 8.20. The van der Waals surface area contributed by atoms with Gasteiger partial charge in [0.15, 0.2) is 0 Å². The van der Waals surface area contributed by atoms with Crippen molar-refractivity contribution in [2.75, 3.05) is 19.7 Å². The molecule has 0 aromatic carbocycles. The summed E-state index contributed by atoms with van der Waals surface area (Å²) in [5.74, 6) is 0.613. The van der Waals surface area contributed by atoms with Crippen LogP contribution in [0.15, 0.2) is 11.4 Å². The highest BCUT2D eigenvalue weighted by Crippen LogP contribution is 2.23. The fourth-order valence-corrected chi connectivity index (χ4v) is 3.59. The summed E-state index contributed by atoms with van der Waals surface area (Å²) in [4.78, 5) is 14.2. The number of piperidine rings is 1. The zero-order valence-electron chi connectivity index (χ0n) is 9.56. The van der Waals surface area contributed by atoms with E-state index < -0.39 is 0 Å². The highest BCUT2D eigenvalue weighted by Gasteiger charge is 2.24. The van der Waals surface area contributed by atoms with E-state index in [1.165, 1.54) is 0 Å². The van der Waals surface area contributed by atoms with E-state index in [0.717, 1.165) is 40.8 Å². The minimum atomic E-state index is 0.145. The number of rotatable bonds is 3. The molecule has 1 unspecified atom stereocenters. The maximum Gasteiger partial charge on any atom is 0.254 e. The molecule has 2 heterocycles. The Morgan fingerprint density at radius 1 is 1.65 bits per heavy atom. The van der Waals surface area contributed by atoms with E-state index in [0.29, 0.717) is 5.92 Å². The molecule has 2 rings (SSSR count). The molecule has 1 fully saturated rings. The second-order valence-corrected chi connectivity index (χ2v) is 7.22. The molecule has 1 aliphatic heterocycles. The van der Waals surface area contributed by atoms with Gasteiger partial charge in [-0.15, -0.1) is 11.3 Å². The predicted octanol–water partition coefficient (Wildman–Crippen LogP) is 2.59. The summed E-state index contributed by atoms with van der Waals surface area (Å²) in [6.07, 6.45) is 2.99. The molecule has 1 amide bonds. The molecule has 0 saturated carbocycles. The van der Waals surface area contributed by atoms with Crippen LogP contribution in [0, 0.1) is 8.80 Å². The Morgan fingerprint density at radius 3 is 3.12 bits per heavy atom. The highest BCUT2D eigenvalue weighted by atomic mass is 127. The Bertz CT molecular complexity index is 392. The van der Waals surface area contributed by atoms with Crippen molar-refractivity contribution in [3.05, 3.63) is 19.9 Å². The fraction of sp³-hybridized carbons (Fsp3) is 0.583. The molecule has 94 valence electrons. The fourth-order valence-electron chi connectivity index (χ4n) is 2.27. The van der Waals surface area contributed by atoms with Crippen LogP contribution < -0.4 is 0 Å². The molecular weight excluding hydrogens is 349 g/mol. The minimum absolute atomic E-state index is 0.145. The third-order valence-electron chi connectivity index (χ3n) is 3.16. The van der Waals surface area contributed by atoms with Gasteiger partial charge in [0.05, 0.1) is 8.45 Å². The van der Waals surface area contributed by atoms with Crippen LogP contribution >= 0.6 is 33.9 Å². The highest BCUT2D eigenvalue weighted by molar-refractivity contribution is 14.1. The molecule has 1 aromatic rings. The first kappa shape index (κ1) is 13.3. The quantitative estimate of drug-likeness (QED) is 0.837. The van der Waals surface area contributed by atoms with Crippen LogP contribution in [0.3, 0.4) is 0 Å². The van der Waals surface area contributed by atoms with Crippen molar-refractivity contribution in [1.82, 2.24) is 4.90 Å². The van der Waals surface area contributed by atoms with Gasteiger partial charge in [0.1, 0.15) is 0 Å². The number of amides is 1. The largest absolute Gasteiger partial charge is 0.396 e. The Kier molecular flexibility index (Phi) is 4.81. The number of likely N-dealkylation sites (tertiary alicyclic amines) is 1. The monoisotopic (exact) mass is 365 g/mol. The van der Waals surface area contributed by atoms with Gasteiger partial charge in [-0.05, 0) is 53.8 Å². The SMILES string of the molecule is O=C(c1csc(I)c1)N1CCCC(CCO)C1. The normalized spacial score (nSPS) is 20.6. The lowest BCUT2D eigenvalue weighted by Crippen LogP contribution is -2.40. The number of aliphatic hydroxyl groups excluding tert-OH is 1. The lowest BCUT2D eigenvalue weighted by molar-refractivity contribution is 0.0654. The van der Waals surface area contributed by atoms with Crippen molar-refractivity contribution >= 4 is 39.8 Å². The molecule has 17 heavy (non-hydrogen) atoms. The number of aliphatic hydroxyl groups is 1. The Balaban J connectivity index is 1.99. The second-order valence-electron chi connectivity index (χ2n) is 4.41. The maximum atomic E-state index is 12.2. The summed E-state index contributed by atoms with van der Waals surface area (Å²) in [5.41, 5.74) is 0.809. The first-order valence-electron chi connectivity index (χ1n) is 5.85. The lowest BCUT2D eigenvalue weighted by atomic mass is 9.95. The van der Waals surface area contributed by atoms with Crippen LogP contribution in [0.4, 0.5) is 0 Å². The average Bonchev–Trinajstić information content (AvgIpc) is 2.76. The van der Waals surface area contributed by atoms with E-state index in [4.69, 9.17) is 5.11 Å². The molecule has 5 heteroatoms. The predicted molar refractivity (Wildman–Crippen MR) is 77.4 cm³/mol. The summed E-state index contributed by atoms with van der Waals surface area (Å²) in [6.45, 7) is 1.88. The number of hydrogen-bond acceptors (Lipinski definition) is 3. The Hall–Kier alpha value is -0.140. The molecule has 1 N–H and O–H groups in total. The minimum Gasteiger partial charge on any atom is -0.396 e. The van der Waals surface area contributed by atoms with Gasteiger partial charge in [0, 0.05) is 25.1 Å². The number of thiophene rings is 1. The molecular formula is C12H16INO2S. The number of halogens is 1. The number of nitrogens with zero attached hydrogens (tertiary/aromatic N) is 1. The smallest absolute Gasteiger partial charge is 0.254 e. The third-order valence-corrected chi connectivity index (χ3v) is 4.95.